The first-order chi connectivity index (χ1) is 12.0. The fourth-order valence-corrected chi connectivity index (χ4v) is 5.42. The molecule has 5 heteroatoms. The van der Waals surface area contributed by atoms with E-state index in [1.165, 1.54) is 0 Å². The lowest BCUT2D eigenvalue weighted by Crippen LogP contribution is -2.06. The maximum absolute atomic E-state index is 12.9. The molecule has 1 saturated heterocycles. The summed E-state index contributed by atoms with van der Waals surface area (Å²) in [7, 11) is 0. The van der Waals surface area contributed by atoms with Crippen molar-refractivity contribution in [1.29, 1.82) is 10.5 Å². The Morgan fingerprint density at radius 3 is 2.52 bits per heavy atom. The highest BCUT2D eigenvalue weighted by atomic mass is 32.2. The number of nitriles is 2. The van der Waals surface area contributed by atoms with Crippen molar-refractivity contribution < 1.29 is 4.79 Å². The third kappa shape index (κ3) is 3.06. The Morgan fingerprint density at radius 1 is 1.32 bits per heavy atom. The van der Waals surface area contributed by atoms with Crippen LogP contribution in [0.5, 0.6) is 0 Å². The summed E-state index contributed by atoms with van der Waals surface area (Å²) in [6.45, 7) is 6.08. The molecule has 3 rings (SSSR count). The number of hydrogen-bond acceptors (Lipinski definition) is 5. The van der Waals surface area contributed by atoms with Crippen LogP contribution in [0.25, 0.3) is 5.57 Å². The molecule has 3 nitrogen and oxygen atoms in total. The van der Waals surface area contributed by atoms with Gasteiger partial charge in [-0.1, -0.05) is 43.8 Å². The van der Waals surface area contributed by atoms with Gasteiger partial charge in [-0.25, -0.2) is 0 Å². The quantitative estimate of drug-likeness (QED) is 0.474. The van der Waals surface area contributed by atoms with Gasteiger partial charge < -0.3 is 0 Å². The molecule has 1 aliphatic carbocycles. The number of hydrogen-bond donors (Lipinski definition) is 1. The highest BCUT2D eigenvalue weighted by Crippen LogP contribution is 2.46. The van der Waals surface area contributed by atoms with Gasteiger partial charge in [-0.05, 0) is 22.8 Å². The number of allylic oxidation sites excluding steroid dienone is 3. The van der Waals surface area contributed by atoms with E-state index >= 15 is 0 Å². The summed E-state index contributed by atoms with van der Waals surface area (Å²) in [5.41, 5.74) is 2.14. The van der Waals surface area contributed by atoms with Crippen LogP contribution in [0.2, 0.25) is 0 Å². The molecule has 1 aromatic rings. The van der Waals surface area contributed by atoms with Crippen molar-refractivity contribution in [2.45, 2.75) is 23.8 Å². The predicted molar refractivity (Wildman–Crippen MR) is 104 cm³/mol. The number of Topliss-reactive ketones (excluding diaryl/α,β-unsaturated/α-hetero) is 1. The Kier molecular flexibility index (Phi) is 4.90. The summed E-state index contributed by atoms with van der Waals surface area (Å²) < 4.78 is 0. The Labute approximate surface area is 157 Å². The molecule has 124 valence electrons. The molecule has 1 aromatic carbocycles. The summed E-state index contributed by atoms with van der Waals surface area (Å²) in [5, 5.41) is 19.0. The number of carbonyl (C=O) groups is 1. The molecule has 3 atom stereocenters. The number of carbonyl (C=O) groups excluding carboxylic acids is 1. The van der Waals surface area contributed by atoms with Crippen molar-refractivity contribution in [2.75, 3.05) is 0 Å². The summed E-state index contributed by atoms with van der Waals surface area (Å²) in [4.78, 5) is 13.7. The third-order valence-electron chi connectivity index (χ3n) is 4.55. The lowest BCUT2D eigenvalue weighted by molar-refractivity contribution is 0.104. The zero-order valence-corrected chi connectivity index (χ0v) is 15.4. The van der Waals surface area contributed by atoms with Gasteiger partial charge >= 0.3 is 0 Å². The fourth-order valence-electron chi connectivity index (χ4n) is 3.44. The zero-order chi connectivity index (χ0) is 18.1. The second-order valence-corrected chi connectivity index (χ2v) is 8.19. The van der Waals surface area contributed by atoms with Crippen LogP contribution < -0.4 is 0 Å². The molecule has 0 spiro atoms. The van der Waals surface area contributed by atoms with E-state index in [1.54, 1.807) is 30.0 Å². The lowest BCUT2D eigenvalue weighted by Gasteiger charge is -2.12. The molecule has 0 bridgehead atoms. The molecule has 3 unspecified atom stereocenters. The minimum Gasteiger partial charge on any atom is -0.289 e. The molecule has 25 heavy (non-hydrogen) atoms. The van der Waals surface area contributed by atoms with Crippen molar-refractivity contribution in [3.63, 3.8) is 0 Å². The second-order valence-electron chi connectivity index (χ2n) is 6.23. The number of ketones is 1. The molecule has 0 radical (unpaired) electrons. The minimum absolute atomic E-state index is 0.0178. The van der Waals surface area contributed by atoms with Gasteiger partial charge in [0.25, 0.3) is 0 Å². The smallest absolute Gasteiger partial charge is 0.194 e. The van der Waals surface area contributed by atoms with Gasteiger partial charge in [-0.2, -0.15) is 10.5 Å². The van der Waals surface area contributed by atoms with E-state index in [0.29, 0.717) is 28.2 Å². The monoisotopic (exact) mass is 364 g/mol. The van der Waals surface area contributed by atoms with Crippen LogP contribution in [-0.4, -0.2) is 16.3 Å². The highest BCUT2D eigenvalue weighted by molar-refractivity contribution is 8.02. The first-order valence-corrected chi connectivity index (χ1v) is 9.31. The maximum Gasteiger partial charge on any atom is 0.194 e. The van der Waals surface area contributed by atoms with Gasteiger partial charge in [0.2, 0.25) is 0 Å². The molecule has 2 aliphatic rings. The number of fused-ring (bicyclic) bond motifs is 1. The number of rotatable bonds is 2. The van der Waals surface area contributed by atoms with Crippen molar-refractivity contribution in [3.05, 3.63) is 64.1 Å². The van der Waals surface area contributed by atoms with Gasteiger partial charge in [0.05, 0.1) is 0 Å². The Morgan fingerprint density at radius 2 is 1.96 bits per heavy atom. The summed E-state index contributed by atoms with van der Waals surface area (Å²) >= 11 is 6.11. The van der Waals surface area contributed by atoms with Crippen molar-refractivity contribution in [1.82, 2.24) is 0 Å². The molecular formula is C20H16N2OS2. The fraction of sp³-hybridized carbons (Fsp3) is 0.250. The van der Waals surface area contributed by atoms with Gasteiger partial charge in [-0.15, -0.1) is 24.4 Å². The van der Waals surface area contributed by atoms with Crippen LogP contribution in [0.15, 0.2) is 53.0 Å². The van der Waals surface area contributed by atoms with Crippen molar-refractivity contribution in [2.24, 2.45) is 5.92 Å². The number of thiol groups is 1. The van der Waals surface area contributed by atoms with Gasteiger partial charge in [0, 0.05) is 27.2 Å². The van der Waals surface area contributed by atoms with Crippen LogP contribution in [0.3, 0.4) is 0 Å². The van der Waals surface area contributed by atoms with E-state index in [1.807, 2.05) is 24.3 Å². The Bertz CT molecular complexity index is 898. The van der Waals surface area contributed by atoms with E-state index in [9.17, 15) is 15.3 Å². The van der Waals surface area contributed by atoms with Gasteiger partial charge in [-0.3, -0.25) is 4.79 Å². The van der Waals surface area contributed by atoms with Gasteiger partial charge in [0.1, 0.15) is 17.7 Å². The van der Waals surface area contributed by atoms with Crippen LogP contribution in [0, 0.1) is 28.6 Å². The Hall–Kier alpha value is -2.21. The minimum atomic E-state index is -0.116. The third-order valence-corrected chi connectivity index (χ3v) is 6.73. The van der Waals surface area contributed by atoms with Crippen LogP contribution in [-0.2, 0) is 0 Å². The highest BCUT2D eigenvalue weighted by Gasteiger charge is 2.36. The molecule has 0 amide bonds. The number of benzene rings is 1. The van der Waals surface area contributed by atoms with Gasteiger partial charge in [0.15, 0.2) is 5.78 Å². The lowest BCUT2D eigenvalue weighted by atomic mass is 9.96. The van der Waals surface area contributed by atoms with Crippen molar-refractivity contribution >= 4 is 35.7 Å². The predicted octanol–water partition coefficient (Wildman–Crippen LogP) is 4.56. The average molecular weight is 364 g/mol. The molecule has 0 saturated carbocycles. The topological polar surface area (TPSA) is 64.7 Å². The molecule has 0 N–H and O–H groups in total. The first kappa shape index (κ1) is 17.6. The van der Waals surface area contributed by atoms with Crippen molar-refractivity contribution in [3.8, 4) is 12.1 Å². The SMILES string of the molecule is C=C(S)C1SC(/C=C2\C(=O)c3ccccc3C2=C(C#N)C#N)CC1C. The van der Waals surface area contributed by atoms with E-state index in [2.05, 4.69) is 26.1 Å². The molecule has 1 heterocycles. The first-order valence-electron chi connectivity index (χ1n) is 7.92. The second kappa shape index (κ2) is 6.96. The summed E-state index contributed by atoms with van der Waals surface area (Å²) in [5.74, 6) is 0.296. The largest absolute Gasteiger partial charge is 0.289 e. The van der Waals surface area contributed by atoms with Crippen LogP contribution in [0.4, 0.5) is 0 Å². The molecular weight excluding hydrogens is 348 g/mol. The zero-order valence-electron chi connectivity index (χ0n) is 13.7. The molecule has 1 aliphatic heterocycles. The van der Waals surface area contributed by atoms with Crippen LogP contribution >= 0.6 is 24.4 Å². The Balaban J connectivity index is 2.09. The number of nitrogens with zero attached hydrogens (tertiary/aromatic N) is 2. The standard InChI is InChI=1S/C20H16N2OS2/c1-11-7-14(25-20(11)12(2)24)8-17-18(13(9-21)10-22)15-5-3-4-6-16(15)19(17)23/h3-6,8,11,14,20,24H,2,7H2,1H3/b17-8-. The summed E-state index contributed by atoms with van der Waals surface area (Å²) in [6, 6.07) is 11.0. The van der Waals surface area contributed by atoms with E-state index < -0.39 is 0 Å². The number of thioether (sulfide) groups is 1. The maximum atomic E-state index is 12.9. The van der Waals surface area contributed by atoms with E-state index in [-0.39, 0.29) is 21.9 Å². The molecule has 1 fully saturated rings. The average Bonchev–Trinajstić information content (AvgIpc) is 3.09. The normalized spacial score (nSPS) is 26.2. The van der Waals surface area contributed by atoms with E-state index in [0.717, 1.165) is 11.3 Å². The van der Waals surface area contributed by atoms with E-state index in [4.69, 9.17) is 0 Å². The van der Waals surface area contributed by atoms with Crippen LogP contribution in [0.1, 0.15) is 29.3 Å². The summed E-state index contributed by atoms with van der Waals surface area (Å²) in [6.07, 6.45) is 2.83. The molecule has 0 aromatic heterocycles.